The Kier molecular flexibility index (Phi) is 10.7. The minimum atomic E-state index is -4.26. The fourth-order valence-electron chi connectivity index (χ4n) is 4.01. The molecule has 0 aromatic heterocycles. The molecule has 3 aromatic rings. The second-order valence-corrected chi connectivity index (χ2v) is 11.2. The zero-order valence-electron chi connectivity index (χ0n) is 23.3. The lowest BCUT2D eigenvalue weighted by Crippen LogP contribution is -2.51. The van der Waals surface area contributed by atoms with Crippen LogP contribution in [0.5, 0.6) is 5.75 Å². The third-order valence-corrected chi connectivity index (χ3v) is 8.09. The molecule has 0 spiro atoms. The van der Waals surface area contributed by atoms with Crippen LogP contribution < -0.4 is 14.4 Å². The average Bonchev–Trinajstić information content (AvgIpc) is 2.94. The molecule has 0 heterocycles. The summed E-state index contributed by atoms with van der Waals surface area (Å²) in [5.74, 6) is -0.971. The Labute approximate surface area is 235 Å². The van der Waals surface area contributed by atoms with Crippen LogP contribution in [0.3, 0.4) is 0 Å². The molecule has 0 saturated heterocycles. The predicted molar refractivity (Wildman–Crippen MR) is 153 cm³/mol. The summed E-state index contributed by atoms with van der Waals surface area (Å²) in [6.07, 6.45) is 0.725. The van der Waals surface area contributed by atoms with E-state index in [9.17, 15) is 22.4 Å². The Bertz CT molecular complexity index is 1380. The summed E-state index contributed by atoms with van der Waals surface area (Å²) in [5, 5.41) is 2.81. The number of ether oxygens (including phenoxy) is 1. The van der Waals surface area contributed by atoms with Crippen molar-refractivity contribution in [2.75, 3.05) is 24.0 Å². The maximum Gasteiger partial charge on any atom is 0.264 e. The normalized spacial score (nSPS) is 11.9. The number of sulfonamides is 1. The van der Waals surface area contributed by atoms with Crippen LogP contribution in [0.1, 0.15) is 38.3 Å². The highest BCUT2D eigenvalue weighted by molar-refractivity contribution is 7.92. The van der Waals surface area contributed by atoms with Crippen molar-refractivity contribution in [3.63, 3.8) is 0 Å². The van der Waals surface area contributed by atoms with Crippen LogP contribution in [0.25, 0.3) is 0 Å². The first-order valence-electron chi connectivity index (χ1n) is 13.2. The van der Waals surface area contributed by atoms with Crippen molar-refractivity contribution in [3.05, 3.63) is 89.7 Å². The first kappa shape index (κ1) is 30.6. The van der Waals surface area contributed by atoms with Gasteiger partial charge in [0.05, 0.1) is 17.2 Å². The Morgan fingerprint density at radius 3 is 2.15 bits per heavy atom. The molecule has 0 aliphatic carbocycles. The molecule has 1 atom stereocenters. The maximum absolute atomic E-state index is 13.8. The zero-order chi connectivity index (χ0) is 29.3. The van der Waals surface area contributed by atoms with E-state index in [2.05, 4.69) is 5.32 Å². The Morgan fingerprint density at radius 1 is 0.950 bits per heavy atom. The summed E-state index contributed by atoms with van der Waals surface area (Å²) < 4.78 is 47.8. The first-order chi connectivity index (χ1) is 19.1. The van der Waals surface area contributed by atoms with Crippen molar-refractivity contribution in [1.82, 2.24) is 10.2 Å². The summed E-state index contributed by atoms with van der Waals surface area (Å²) in [6.45, 7) is 7.66. The molecule has 0 bridgehead atoms. The number of nitrogens with zero attached hydrogens (tertiary/aromatic N) is 2. The highest BCUT2D eigenvalue weighted by atomic mass is 32.2. The second-order valence-electron chi connectivity index (χ2n) is 9.37. The van der Waals surface area contributed by atoms with E-state index in [1.54, 1.807) is 6.92 Å². The number of benzene rings is 3. The quantitative estimate of drug-likeness (QED) is 0.323. The van der Waals surface area contributed by atoms with Gasteiger partial charge in [-0.15, -0.1) is 0 Å². The zero-order valence-corrected chi connectivity index (χ0v) is 24.1. The average molecular weight is 570 g/mol. The fraction of sp³-hybridized carbons (Fsp3) is 0.333. The van der Waals surface area contributed by atoms with E-state index in [0.29, 0.717) is 18.9 Å². The number of rotatable bonds is 13. The lowest BCUT2D eigenvalue weighted by Gasteiger charge is -2.32. The van der Waals surface area contributed by atoms with E-state index in [1.807, 2.05) is 45.0 Å². The fourth-order valence-corrected chi connectivity index (χ4v) is 5.42. The van der Waals surface area contributed by atoms with Gasteiger partial charge in [-0.25, -0.2) is 12.8 Å². The molecule has 8 nitrogen and oxygen atoms in total. The predicted octanol–water partition coefficient (Wildman–Crippen LogP) is 4.67. The van der Waals surface area contributed by atoms with E-state index < -0.39 is 34.3 Å². The van der Waals surface area contributed by atoms with Gasteiger partial charge in [0.1, 0.15) is 24.2 Å². The molecule has 10 heteroatoms. The van der Waals surface area contributed by atoms with Crippen molar-refractivity contribution in [3.8, 4) is 5.75 Å². The summed E-state index contributed by atoms with van der Waals surface area (Å²) in [4.78, 5) is 28.0. The number of amides is 2. The van der Waals surface area contributed by atoms with Gasteiger partial charge in [0.25, 0.3) is 10.0 Å². The first-order valence-corrected chi connectivity index (χ1v) is 14.6. The van der Waals surface area contributed by atoms with E-state index in [-0.39, 0.29) is 23.0 Å². The van der Waals surface area contributed by atoms with Crippen molar-refractivity contribution in [1.29, 1.82) is 0 Å². The van der Waals surface area contributed by atoms with Crippen LogP contribution in [-0.4, -0.2) is 50.9 Å². The van der Waals surface area contributed by atoms with E-state index in [4.69, 9.17) is 4.74 Å². The molecule has 3 rings (SSSR count). The van der Waals surface area contributed by atoms with Crippen molar-refractivity contribution >= 4 is 27.5 Å². The molecule has 0 saturated carbocycles. The lowest BCUT2D eigenvalue weighted by atomic mass is 10.1. The van der Waals surface area contributed by atoms with Gasteiger partial charge < -0.3 is 15.0 Å². The number of nitrogens with one attached hydrogen (secondary N) is 1. The Morgan fingerprint density at radius 2 is 1.57 bits per heavy atom. The van der Waals surface area contributed by atoms with Gasteiger partial charge in [-0.05, 0) is 81.3 Å². The number of carbonyl (C=O) groups excluding carboxylic acids is 2. The third kappa shape index (κ3) is 7.81. The molecular formula is C30H36FN3O5S. The van der Waals surface area contributed by atoms with Crippen LogP contribution in [0.15, 0.2) is 77.7 Å². The molecule has 1 N–H and O–H groups in total. The molecule has 0 radical (unpaired) electrons. The van der Waals surface area contributed by atoms with E-state index in [1.165, 1.54) is 41.3 Å². The highest BCUT2D eigenvalue weighted by Crippen LogP contribution is 2.26. The van der Waals surface area contributed by atoms with Crippen LogP contribution >= 0.6 is 0 Å². The monoisotopic (exact) mass is 569 g/mol. The number of halogens is 1. The SMILES string of the molecule is CCCNC(=O)C(C)N(Cc1ccc(C)cc1)C(=O)CN(c1ccc(F)cc1)S(=O)(=O)c1ccc(OCC)cc1. The van der Waals surface area contributed by atoms with Crippen LogP contribution in [-0.2, 0) is 26.2 Å². The van der Waals surface area contributed by atoms with Gasteiger partial charge in [0, 0.05) is 13.1 Å². The van der Waals surface area contributed by atoms with Crippen LogP contribution in [0.2, 0.25) is 0 Å². The number of hydrogen-bond acceptors (Lipinski definition) is 5. The smallest absolute Gasteiger partial charge is 0.264 e. The van der Waals surface area contributed by atoms with Gasteiger partial charge in [-0.1, -0.05) is 36.8 Å². The van der Waals surface area contributed by atoms with Crippen molar-refractivity contribution in [2.24, 2.45) is 0 Å². The molecule has 214 valence electrons. The van der Waals surface area contributed by atoms with E-state index >= 15 is 0 Å². The van der Waals surface area contributed by atoms with Crippen LogP contribution in [0.4, 0.5) is 10.1 Å². The highest BCUT2D eigenvalue weighted by Gasteiger charge is 2.32. The molecule has 40 heavy (non-hydrogen) atoms. The standard InChI is InChI=1S/C30H36FN3O5S/c1-5-19-32-30(36)23(4)33(20-24-9-7-22(3)8-10-24)29(35)21-34(26-13-11-25(31)12-14-26)40(37,38)28-17-15-27(16-18-28)39-6-2/h7-18,23H,5-6,19-21H2,1-4H3,(H,32,36). The Balaban J connectivity index is 2.00. The molecule has 0 aliphatic heterocycles. The van der Waals surface area contributed by atoms with Crippen molar-refractivity contribution < 1.29 is 27.1 Å². The summed E-state index contributed by atoms with van der Waals surface area (Å²) >= 11 is 0. The number of carbonyl (C=O) groups is 2. The minimum absolute atomic E-state index is 0.0631. The topological polar surface area (TPSA) is 96.0 Å². The van der Waals surface area contributed by atoms with E-state index in [0.717, 1.165) is 34.0 Å². The van der Waals surface area contributed by atoms with Gasteiger partial charge in [-0.3, -0.25) is 13.9 Å². The molecular weight excluding hydrogens is 533 g/mol. The minimum Gasteiger partial charge on any atom is -0.494 e. The number of anilines is 1. The second kappa shape index (κ2) is 13.9. The van der Waals surface area contributed by atoms with Gasteiger partial charge >= 0.3 is 0 Å². The Hall–Kier alpha value is -3.92. The number of aryl methyl sites for hydroxylation is 1. The molecule has 0 aliphatic rings. The third-order valence-electron chi connectivity index (χ3n) is 6.31. The summed E-state index contributed by atoms with van der Waals surface area (Å²) in [7, 11) is -4.26. The lowest BCUT2D eigenvalue weighted by molar-refractivity contribution is -0.139. The largest absolute Gasteiger partial charge is 0.494 e. The molecule has 1 unspecified atom stereocenters. The van der Waals surface area contributed by atoms with Gasteiger partial charge in [0.15, 0.2) is 0 Å². The maximum atomic E-state index is 13.8. The van der Waals surface area contributed by atoms with Gasteiger partial charge in [0.2, 0.25) is 11.8 Å². The van der Waals surface area contributed by atoms with Gasteiger partial charge in [-0.2, -0.15) is 0 Å². The molecule has 0 fully saturated rings. The molecule has 3 aromatic carbocycles. The summed E-state index contributed by atoms with van der Waals surface area (Å²) in [5.41, 5.74) is 1.94. The van der Waals surface area contributed by atoms with Crippen LogP contribution in [0, 0.1) is 12.7 Å². The number of hydrogen-bond donors (Lipinski definition) is 1. The summed E-state index contributed by atoms with van der Waals surface area (Å²) in [6, 6.07) is 17.4. The molecule has 2 amide bonds. The van der Waals surface area contributed by atoms with Crippen molar-refractivity contribution in [2.45, 2.75) is 51.6 Å².